The second kappa shape index (κ2) is 6.04. The lowest BCUT2D eigenvalue weighted by atomic mass is 10.1. The molecule has 0 saturated carbocycles. The largest absolute Gasteiger partial charge is 0.480 e. The summed E-state index contributed by atoms with van der Waals surface area (Å²) in [6.45, 7) is 0. The van der Waals surface area contributed by atoms with Crippen molar-refractivity contribution in [3.8, 4) is 0 Å². The molecule has 1 aromatic heterocycles. The molecule has 1 atom stereocenters. The third kappa shape index (κ3) is 3.96. The average Bonchev–Trinajstić information content (AvgIpc) is 2.80. The predicted molar refractivity (Wildman–Crippen MR) is 70.0 cm³/mol. The molecule has 0 aliphatic rings. The van der Waals surface area contributed by atoms with E-state index in [4.69, 9.17) is 5.11 Å². The maximum Gasteiger partial charge on any atom is 0.391 e. The zero-order chi connectivity index (χ0) is 16.3. The van der Waals surface area contributed by atoms with Gasteiger partial charge in [0.1, 0.15) is 6.04 Å². The lowest BCUT2D eigenvalue weighted by Crippen LogP contribution is -2.44. The van der Waals surface area contributed by atoms with E-state index in [9.17, 15) is 22.8 Å². The van der Waals surface area contributed by atoms with Gasteiger partial charge in [-0.05, 0) is 6.07 Å². The third-order valence-corrected chi connectivity index (χ3v) is 2.95. The van der Waals surface area contributed by atoms with Crippen LogP contribution < -0.4 is 5.32 Å². The summed E-state index contributed by atoms with van der Waals surface area (Å²) in [5.41, 5.74) is 1.01. The van der Waals surface area contributed by atoms with Crippen LogP contribution in [0.25, 0.3) is 10.9 Å². The number of nitrogens with zero attached hydrogens (tertiary/aromatic N) is 1. The van der Waals surface area contributed by atoms with Gasteiger partial charge in [-0.15, -0.1) is 0 Å². The molecule has 2 rings (SSSR count). The monoisotopic (exact) mass is 315 g/mol. The number of aromatic nitrogens is 2. The number of carboxylic acids is 1. The highest BCUT2D eigenvalue weighted by molar-refractivity contribution is 5.89. The van der Waals surface area contributed by atoms with Gasteiger partial charge in [0.05, 0.1) is 24.1 Å². The first-order valence-corrected chi connectivity index (χ1v) is 6.27. The Bertz CT molecular complexity index is 696. The van der Waals surface area contributed by atoms with Gasteiger partial charge >= 0.3 is 12.1 Å². The zero-order valence-electron chi connectivity index (χ0n) is 11.1. The number of para-hydroxylation sites is 1. The number of nitrogens with one attached hydrogen (secondary N) is 2. The Morgan fingerprint density at radius 1 is 1.32 bits per heavy atom. The number of hydrogen-bond donors (Lipinski definition) is 3. The van der Waals surface area contributed by atoms with Crippen LogP contribution in [0.4, 0.5) is 13.2 Å². The normalized spacial score (nSPS) is 13.0. The van der Waals surface area contributed by atoms with Crippen molar-refractivity contribution in [2.24, 2.45) is 0 Å². The van der Waals surface area contributed by atoms with E-state index in [2.05, 4.69) is 10.2 Å². The third-order valence-electron chi connectivity index (χ3n) is 2.95. The van der Waals surface area contributed by atoms with Gasteiger partial charge in [-0.2, -0.15) is 18.3 Å². The number of carbonyl (C=O) groups excluding carboxylic acids is 1. The Kier molecular flexibility index (Phi) is 4.34. The molecule has 0 bridgehead atoms. The number of fused-ring (bicyclic) bond motifs is 1. The van der Waals surface area contributed by atoms with Gasteiger partial charge in [0.25, 0.3) is 0 Å². The number of carboxylic acid groups (broad SMARTS) is 1. The quantitative estimate of drug-likeness (QED) is 0.781. The summed E-state index contributed by atoms with van der Waals surface area (Å²) in [5.74, 6) is -2.56. The SMILES string of the molecule is O=C(Cc1[nH]nc2ccccc12)NC(CC(F)(F)F)C(=O)O. The number of rotatable bonds is 5. The molecule has 1 amide bonds. The molecule has 1 unspecified atom stereocenters. The van der Waals surface area contributed by atoms with Crippen molar-refractivity contribution in [1.29, 1.82) is 0 Å². The molecule has 118 valence electrons. The summed E-state index contributed by atoms with van der Waals surface area (Å²) in [5, 5.41) is 17.8. The number of benzene rings is 1. The van der Waals surface area contributed by atoms with Crippen LogP contribution in [-0.4, -0.2) is 39.4 Å². The first-order chi connectivity index (χ1) is 10.3. The van der Waals surface area contributed by atoms with Crippen LogP contribution in [0.3, 0.4) is 0 Å². The Morgan fingerprint density at radius 2 is 2.00 bits per heavy atom. The molecular formula is C13H12F3N3O3. The van der Waals surface area contributed by atoms with Crippen LogP contribution in [-0.2, 0) is 16.0 Å². The van der Waals surface area contributed by atoms with Gasteiger partial charge in [-0.3, -0.25) is 9.89 Å². The van der Waals surface area contributed by atoms with E-state index < -0.39 is 30.5 Å². The average molecular weight is 315 g/mol. The molecule has 0 spiro atoms. The lowest BCUT2D eigenvalue weighted by molar-refractivity contribution is -0.159. The number of halogens is 3. The highest BCUT2D eigenvalue weighted by Crippen LogP contribution is 2.22. The maximum absolute atomic E-state index is 12.3. The molecule has 0 aliphatic carbocycles. The van der Waals surface area contributed by atoms with Crippen LogP contribution in [0, 0.1) is 0 Å². The molecule has 0 saturated heterocycles. The van der Waals surface area contributed by atoms with Crippen molar-refractivity contribution in [2.45, 2.75) is 25.1 Å². The highest BCUT2D eigenvalue weighted by atomic mass is 19.4. The van der Waals surface area contributed by atoms with Crippen molar-refractivity contribution in [1.82, 2.24) is 15.5 Å². The minimum Gasteiger partial charge on any atom is -0.480 e. The van der Waals surface area contributed by atoms with E-state index in [-0.39, 0.29) is 6.42 Å². The van der Waals surface area contributed by atoms with E-state index in [0.717, 1.165) is 0 Å². The first kappa shape index (κ1) is 15.8. The van der Waals surface area contributed by atoms with Gasteiger partial charge in [0.2, 0.25) is 5.91 Å². The van der Waals surface area contributed by atoms with E-state index in [1.54, 1.807) is 24.3 Å². The van der Waals surface area contributed by atoms with Crippen LogP contribution >= 0.6 is 0 Å². The molecule has 0 fully saturated rings. The summed E-state index contributed by atoms with van der Waals surface area (Å²) >= 11 is 0. The van der Waals surface area contributed by atoms with E-state index in [1.807, 2.05) is 5.32 Å². The topological polar surface area (TPSA) is 95.1 Å². The van der Waals surface area contributed by atoms with Crippen LogP contribution in [0.2, 0.25) is 0 Å². The van der Waals surface area contributed by atoms with Crippen molar-refractivity contribution >= 4 is 22.8 Å². The van der Waals surface area contributed by atoms with Gasteiger partial charge < -0.3 is 10.4 Å². The fourth-order valence-corrected chi connectivity index (χ4v) is 1.99. The first-order valence-electron chi connectivity index (χ1n) is 6.27. The molecular weight excluding hydrogens is 303 g/mol. The molecule has 22 heavy (non-hydrogen) atoms. The number of aliphatic carboxylic acids is 1. The molecule has 1 aromatic carbocycles. The molecule has 2 aromatic rings. The van der Waals surface area contributed by atoms with E-state index in [0.29, 0.717) is 16.6 Å². The van der Waals surface area contributed by atoms with E-state index in [1.165, 1.54) is 0 Å². The number of alkyl halides is 3. The maximum atomic E-state index is 12.3. The second-order valence-electron chi connectivity index (χ2n) is 4.67. The predicted octanol–water partition coefficient (Wildman–Crippen LogP) is 1.63. The number of carbonyl (C=O) groups is 2. The van der Waals surface area contributed by atoms with Crippen LogP contribution in [0.15, 0.2) is 24.3 Å². The fourth-order valence-electron chi connectivity index (χ4n) is 1.99. The van der Waals surface area contributed by atoms with Crippen molar-refractivity contribution in [3.05, 3.63) is 30.0 Å². The number of H-pyrrole nitrogens is 1. The summed E-state index contributed by atoms with van der Waals surface area (Å²) in [6, 6.07) is 4.87. The highest BCUT2D eigenvalue weighted by Gasteiger charge is 2.36. The smallest absolute Gasteiger partial charge is 0.391 e. The molecule has 0 radical (unpaired) electrons. The molecule has 6 nitrogen and oxygen atoms in total. The van der Waals surface area contributed by atoms with Crippen molar-refractivity contribution in [3.63, 3.8) is 0 Å². The number of hydrogen-bond acceptors (Lipinski definition) is 3. The molecule has 9 heteroatoms. The number of aromatic amines is 1. The fraction of sp³-hybridized carbons (Fsp3) is 0.308. The summed E-state index contributed by atoms with van der Waals surface area (Å²) in [6.07, 6.45) is -6.60. The van der Waals surface area contributed by atoms with Crippen molar-refractivity contribution in [2.75, 3.05) is 0 Å². The Morgan fingerprint density at radius 3 is 2.64 bits per heavy atom. The van der Waals surface area contributed by atoms with Gasteiger partial charge in [-0.1, -0.05) is 18.2 Å². The molecule has 1 heterocycles. The molecule has 3 N–H and O–H groups in total. The zero-order valence-corrected chi connectivity index (χ0v) is 11.1. The summed E-state index contributed by atoms with van der Waals surface area (Å²) in [4.78, 5) is 22.6. The second-order valence-corrected chi connectivity index (χ2v) is 4.67. The Labute approximate surface area is 122 Å². The van der Waals surface area contributed by atoms with Gasteiger partial charge in [0, 0.05) is 5.39 Å². The van der Waals surface area contributed by atoms with Crippen molar-refractivity contribution < 1.29 is 27.9 Å². The van der Waals surface area contributed by atoms with Crippen LogP contribution in [0.5, 0.6) is 0 Å². The molecule has 0 aliphatic heterocycles. The Hall–Kier alpha value is -2.58. The number of amides is 1. The van der Waals surface area contributed by atoms with E-state index >= 15 is 0 Å². The minimum absolute atomic E-state index is 0.290. The van der Waals surface area contributed by atoms with Gasteiger partial charge in [-0.25, -0.2) is 4.79 Å². The minimum atomic E-state index is -4.68. The summed E-state index contributed by atoms with van der Waals surface area (Å²) in [7, 11) is 0. The Balaban J connectivity index is 2.06. The van der Waals surface area contributed by atoms with Gasteiger partial charge in [0.15, 0.2) is 0 Å². The summed E-state index contributed by atoms with van der Waals surface area (Å²) < 4.78 is 36.8. The standard InChI is InChI=1S/C13H12F3N3O3/c14-13(15,16)6-10(12(21)22)17-11(20)5-9-7-3-1-2-4-8(7)18-19-9/h1-4,10H,5-6H2,(H,17,20)(H,18,19)(H,21,22). The van der Waals surface area contributed by atoms with Crippen LogP contribution in [0.1, 0.15) is 12.1 Å². The lowest BCUT2D eigenvalue weighted by Gasteiger charge is -2.16.